The Labute approximate surface area is 160 Å². The summed E-state index contributed by atoms with van der Waals surface area (Å²) in [7, 11) is 0. The molecule has 4 rings (SSSR count). The van der Waals surface area contributed by atoms with E-state index in [2.05, 4.69) is 15.0 Å². The predicted octanol–water partition coefficient (Wildman–Crippen LogP) is 3.21. The molecule has 1 aromatic heterocycles. The molecule has 2 heterocycles. The zero-order chi connectivity index (χ0) is 19.5. The van der Waals surface area contributed by atoms with Crippen LogP contribution in [0, 0.1) is 23.0 Å². The van der Waals surface area contributed by atoms with Crippen molar-refractivity contribution in [2.24, 2.45) is 0 Å². The zero-order valence-electron chi connectivity index (χ0n) is 15.0. The van der Waals surface area contributed by atoms with Crippen LogP contribution in [-0.2, 0) is 6.54 Å². The van der Waals surface area contributed by atoms with Gasteiger partial charge in [-0.25, -0.2) is 8.78 Å². The van der Waals surface area contributed by atoms with E-state index in [1.54, 1.807) is 24.3 Å². The smallest absolute Gasteiger partial charge is 0.257 e. The van der Waals surface area contributed by atoms with Crippen molar-refractivity contribution in [2.75, 3.05) is 31.1 Å². The molecule has 142 valence electrons. The van der Waals surface area contributed by atoms with Crippen molar-refractivity contribution in [3.63, 3.8) is 0 Å². The first kappa shape index (κ1) is 18.1. The monoisotopic (exact) mass is 381 g/mol. The molecule has 1 aliphatic rings. The molecule has 0 saturated carbocycles. The third-order valence-electron chi connectivity index (χ3n) is 4.74. The SMILES string of the molecule is N#Cc1c(F)cccc1N1CCN(Cc2noc(-c3ccc(F)cc3)n2)CC1. The zero-order valence-corrected chi connectivity index (χ0v) is 15.0. The number of rotatable bonds is 4. The minimum Gasteiger partial charge on any atom is -0.368 e. The van der Waals surface area contributed by atoms with Crippen LogP contribution in [0.5, 0.6) is 0 Å². The summed E-state index contributed by atoms with van der Waals surface area (Å²) >= 11 is 0. The van der Waals surface area contributed by atoms with Crippen molar-refractivity contribution in [2.45, 2.75) is 6.54 Å². The van der Waals surface area contributed by atoms with Crippen LogP contribution >= 0.6 is 0 Å². The molecule has 1 fully saturated rings. The van der Waals surface area contributed by atoms with E-state index < -0.39 is 5.82 Å². The third kappa shape index (κ3) is 3.70. The molecule has 1 saturated heterocycles. The molecular formula is C20H17F2N5O. The Balaban J connectivity index is 1.38. The van der Waals surface area contributed by atoms with E-state index in [4.69, 9.17) is 4.52 Å². The Morgan fingerprint density at radius 1 is 1.04 bits per heavy atom. The summed E-state index contributed by atoms with van der Waals surface area (Å²) in [5.74, 6) is 0.0880. The molecule has 0 radical (unpaired) electrons. The highest BCUT2D eigenvalue weighted by Gasteiger charge is 2.22. The maximum Gasteiger partial charge on any atom is 0.257 e. The summed E-state index contributed by atoms with van der Waals surface area (Å²) in [6, 6.07) is 12.5. The number of piperazine rings is 1. The maximum atomic E-state index is 13.8. The molecule has 1 aliphatic heterocycles. The van der Waals surface area contributed by atoms with Crippen LogP contribution in [0.3, 0.4) is 0 Å². The van der Waals surface area contributed by atoms with Crippen molar-refractivity contribution < 1.29 is 13.3 Å². The van der Waals surface area contributed by atoms with Gasteiger partial charge in [-0.1, -0.05) is 11.2 Å². The number of nitrogens with zero attached hydrogens (tertiary/aromatic N) is 5. The Hall–Kier alpha value is -3.31. The molecule has 0 atom stereocenters. The lowest BCUT2D eigenvalue weighted by atomic mass is 10.1. The van der Waals surface area contributed by atoms with Crippen LogP contribution < -0.4 is 4.90 Å². The van der Waals surface area contributed by atoms with Gasteiger partial charge in [0.15, 0.2) is 5.82 Å². The van der Waals surface area contributed by atoms with Crippen LogP contribution in [0.25, 0.3) is 11.5 Å². The van der Waals surface area contributed by atoms with Gasteiger partial charge >= 0.3 is 0 Å². The number of hydrogen-bond acceptors (Lipinski definition) is 6. The molecule has 3 aromatic rings. The molecule has 8 heteroatoms. The van der Waals surface area contributed by atoms with Crippen LogP contribution in [0.15, 0.2) is 47.0 Å². The first-order valence-electron chi connectivity index (χ1n) is 8.88. The fourth-order valence-electron chi connectivity index (χ4n) is 3.26. The number of hydrogen-bond donors (Lipinski definition) is 0. The molecule has 0 unspecified atom stereocenters. The molecule has 0 N–H and O–H groups in total. The highest BCUT2D eigenvalue weighted by Crippen LogP contribution is 2.24. The van der Waals surface area contributed by atoms with Gasteiger partial charge in [0, 0.05) is 31.7 Å². The maximum absolute atomic E-state index is 13.8. The molecule has 28 heavy (non-hydrogen) atoms. The third-order valence-corrected chi connectivity index (χ3v) is 4.74. The molecule has 0 bridgehead atoms. The van der Waals surface area contributed by atoms with E-state index in [0.717, 1.165) is 13.1 Å². The molecule has 2 aromatic carbocycles. The normalized spacial score (nSPS) is 14.8. The van der Waals surface area contributed by atoms with Crippen LogP contribution in [-0.4, -0.2) is 41.2 Å². The minimum absolute atomic E-state index is 0.0815. The number of nitriles is 1. The number of halogens is 2. The molecule has 0 amide bonds. The minimum atomic E-state index is -0.498. The Kier molecular flexibility index (Phi) is 5.00. The number of anilines is 1. The highest BCUT2D eigenvalue weighted by molar-refractivity contribution is 5.60. The average Bonchev–Trinajstić information content (AvgIpc) is 3.17. The van der Waals surface area contributed by atoms with Crippen LogP contribution in [0.2, 0.25) is 0 Å². The van der Waals surface area contributed by atoms with E-state index in [-0.39, 0.29) is 11.4 Å². The Morgan fingerprint density at radius 2 is 1.79 bits per heavy atom. The lowest BCUT2D eigenvalue weighted by Gasteiger charge is -2.35. The largest absolute Gasteiger partial charge is 0.368 e. The van der Waals surface area contributed by atoms with E-state index in [0.29, 0.717) is 42.6 Å². The second-order valence-electron chi connectivity index (χ2n) is 6.53. The topological polar surface area (TPSA) is 69.2 Å². The summed E-state index contributed by atoms with van der Waals surface area (Å²) < 4.78 is 32.1. The lowest BCUT2D eigenvalue weighted by Crippen LogP contribution is -2.46. The van der Waals surface area contributed by atoms with Gasteiger partial charge in [-0.2, -0.15) is 10.2 Å². The standard InChI is InChI=1S/C20H17F2N5O/c21-15-6-4-14(5-7-15)20-24-19(25-28-20)13-26-8-10-27(11-9-26)18-3-1-2-17(22)16(18)12-23/h1-7H,8-11,13H2. The Bertz CT molecular complexity index is 1000. The van der Waals surface area contributed by atoms with Gasteiger partial charge in [-0.15, -0.1) is 0 Å². The fraction of sp³-hybridized carbons (Fsp3) is 0.250. The van der Waals surface area contributed by atoms with Crippen molar-refractivity contribution >= 4 is 5.69 Å². The van der Waals surface area contributed by atoms with Gasteiger partial charge in [-0.3, -0.25) is 4.90 Å². The fourth-order valence-corrected chi connectivity index (χ4v) is 3.26. The summed E-state index contributed by atoms with van der Waals surface area (Å²) in [6.45, 7) is 3.30. The van der Waals surface area contributed by atoms with Gasteiger partial charge < -0.3 is 9.42 Å². The predicted molar refractivity (Wildman–Crippen MR) is 98.3 cm³/mol. The van der Waals surface area contributed by atoms with Crippen molar-refractivity contribution in [3.05, 3.63) is 65.5 Å². The second kappa shape index (κ2) is 7.74. The molecule has 0 aliphatic carbocycles. The van der Waals surface area contributed by atoms with E-state index >= 15 is 0 Å². The van der Waals surface area contributed by atoms with E-state index in [9.17, 15) is 14.0 Å². The summed E-state index contributed by atoms with van der Waals surface area (Å²) in [5.41, 5.74) is 1.37. The summed E-state index contributed by atoms with van der Waals surface area (Å²) in [4.78, 5) is 8.55. The number of aromatic nitrogens is 2. The van der Waals surface area contributed by atoms with Crippen molar-refractivity contribution in [3.8, 4) is 17.5 Å². The summed E-state index contributed by atoms with van der Waals surface area (Å²) in [6.07, 6.45) is 0. The van der Waals surface area contributed by atoms with Gasteiger partial charge in [0.05, 0.1) is 12.2 Å². The molecular weight excluding hydrogens is 364 g/mol. The summed E-state index contributed by atoms with van der Waals surface area (Å²) in [5, 5.41) is 13.2. The average molecular weight is 381 g/mol. The van der Waals surface area contributed by atoms with Crippen LogP contribution in [0.4, 0.5) is 14.5 Å². The van der Waals surface area contributed by atoms with Gasteiger partial charge in [-0.05, 0) is 36.4 Å². The number of benzene rings is 2. The van der Waals surface area contributed by atoms with E-state index in [1.165, 1.54) is 18.2 Å². The lowest BCUT2D eigenvalue weighted by molar-refractivity contribution is 0.240. The highest BCUT2D eigenvalue weighted by atomic mass is 19.1. The molecule has 6 nitrogen and oxygen atoms in total. The van der Waals surface area contributed by atoms with Crippen LogP contribution in [0.1, 0.15) is 11.4 Å². The van der Waals surface area contributed by atoms with Gasteiger partial charge in [0.1, 0.15) is 23.3 Å². The van der Waals surface area contributed by atoms with Crippen molar-refractivity contribution in [1.82, 2.24) is 15.0 Å². The quantitative estimate of drug-likeness (QED) is 0.691. The van der Waals surface area contributed by atoms with Gasteiger partial charge in [0.25, 0.3) is 5.89 Å². The molecule has 0 spiro atoms. The second-order valence-corrected chi connectivity index (χ2v) is 6.53. The van der Waals surface area contributed by atoms with Gasteiger partial charge in [0.2, 0.25) is 0 Å². The van der Waals surface area contributed by atoms with Crippen molar-refractivity contribution in [1.29, 1.82) is 5.26 Å². The Morgan fingerprint density at radius 3 is 2.50 bits per heavy atom. The first-order chi connectivity index (χ1) is 13.6. The first-order valence-corrected chi connectivity index (χ1v) is 8.88. The van der Waals surface area contributed by atoms with E-state index in [1.807, 2.05) is 11.0 Å².